The van der Waals surface area contributed by atoms with Crippen molar-refractivity contribution in [2.24, 2.45) is 0 Å². The van der Waals surface area contributed by atoms with Crippen LogP contribution in [0.15, 0.2) is 72.8 Å². The summed E-state index contributed by atoms with van der Waals surface area (Å²) in [7, 11) is -2.79. The molecule has 2 aromatic carbocycles. The van der Waals surface area contributed by atoms with Gasteiger partial charge in [-0.05, 0) is 34.7 Å². The number of ether oxygens (including phenoxy) is 2. The van der Waals surface area contributed by atoms with E-state index >= 15 is 0 Å². The summed E-state index contributed by atoms with van der Waals surface area (Å²) in [5.74, 6) is -0.385. The maximum atomic E-state index is 11.4. The summed E-state index contributed by atoms with van der Waals surface area (Å²) in [6, 6.07) is 21.1. The third kappa shape index (κ3) is 6.50. The van der Waals surface area contributed by atoms with Gasteiger partial charge in [-0.2, -0.15) is 0 Å². The van der Waals surface area contributed by atoms with E-state index in [4.69, 9.17) is 13.9 Å². The lowest BCUT2D eigenvalue weighted by Gasteiger charge is -2.46. The molecular formula is C29H40O5Si. The Hall–Kier alpha value is -2.25. The highest BCUT2D eigenvalue weighted by molar-refractivity contribution is 6.99. The summed E-state index contributed by atoms with van der Waals surface area (Å²) in [4.78, 5) is 11.4. The minimum atomic E-state index is -2.79. The summed E-state index contributed by atoms with van der Waals surface area (Å²) >= 11 is 0. The maximum Gasteiger partial charge on any atom is 0.302 e. The molecule has 0 aromatic heterocycles. The fourth-order valence-corrected chi connectivity index (χ4v) is 9.64. The number of hydrogen-bond acceptors (Lipinski definition) is 5. The van der Waals surface area contributed by atoms with Crippen molar-refractivity contribution in [1.82, 2.24) is 0 Å². The zero-order valence-corrected chi connectivity index (χ0v) is 22.6. The van der Waals surface area contributed by atoms with Gasteiger partial charge in [0.05, 0.1) is 18.3 Å². The Morgan fingerprint density at radius 1 is 0.971 bits per heavy atom. The summed E-state index contributed by atoms with van der Waals surface area (Å²) in [5, 5.41) is 13.0. The van der Waals surface area contributed by atoms with Crippen molar-refractivity contribution in [3.05, 3.63) is 72.8 Å². The summed E-state index contributed by atoms with van der Waals surface area (Å²) in [5.41, 5.74) is 0. The summed E-state index contributed by atoms with van der Waals surface area (Å²) in [6.07, 6.45) is 4.02. The molecule has 0 saturated heterocycles. The van der Waals surface area contributed by atoms with E-state index in [9.17, 15) is 9.90 Å². The van der Waals surface area contributed by atoms with Gasteiger partial charge in [0.25, 0.3) is 8.32 Å². The van der Waals surface area contributed by atoms with Crippen LogP contribution < -0.4 is 10.4 Å². The molecule has 3 rings (SSSR count). The van der Waals surface area contributed by atoms with E-state index in [0.29, 0.717) is 19.3 Å². The Morgan fingerprint density at radius 3 is 2.00 bits per heavy atom. The Labute approximate surface area is 211 Å². The van der Waals surface area contributed by atoms with Crippen molar-refractivity contribution >= 4 is 24.7 Å². The monoisotopic (exact) mass is 496 g/mol. The number of hydrogen-bond donors (Lipinski definition) is 1. The minimum absolute atomic E-state index is 0.0206. The van der Waals surface area contributed by atoms with Crippen LogP contribution in [-0.4, -0.2) is 50.4 Å². The smallest absolute Gasteiger partial charge is 0.302 e. The van der Waals surface area contributed by atoms with E-state index in [1.54, 1.807) is 0 Å². The second-order valence-electron chi connectivity index (χ2n) is 10.3. The van der Waals surface area contributed by atoms with Gasteiger partial charge in [-0.1, -0.05) is 101 Å². The molecule has 190 valence electrons. The average Bonchev–Trinajstić information content (AvgIpc) is 2.90. The molecule has 5 nitrogen and oxygen atoms in total. The molecule has 0 aliphatic carbocycles. The van der Waals surface area contributed by atoms with Crippen molar-refractivity contribution in [2.45, 2.75) is 83.3 Å². The number of aliphatic hydroxyl groups is 1. The zero-order chi connectivity index (χ0) is 25.5. The Balaban J connectivity index is 2.07. The van der Waals surface area contributed by atoms with Crippen LogP contribution in [0.1, 0.15) is 53.9 Å². The number of aliphatic hydroxyl groups excluding tert-OH is 1. The topological polar surface area (TPSA) is 65.0 Å². The van der Waals surface area contributed by atoms with E-state index in [2.05, 4.69) is 82.3 Å². The fourth-order valence-electron chi connectivity index (χ4n) is 4.92. The molecule has 4 atom stereocenters. The van der Waals surface area contributed by atoms with Gasteiger partial charge in [0.2, 0.25) is 0 Å². The second kappa shape index (κ2) is 12.1. The third-order valence-electron chi connectivity index (χ3n) is 6.70. The van der Waals surface area contributed by atoms with Crippen LogP contribution in [0.5, 0.6) is 0 Å². The lowest BCUT2D eigenvalue weighted by molar-refractivity contribution is -0.158. The van der Waals surface area contributed by atoms with Crippen LogP contribution in [0, 0.1) is 0 Å². The van der Waals surface area contributed by atoms with Crippen LogP contribution in [-0.2, 0) is 18.7 Å². The lowest BCUT2D eigenvalue weighted by Crippen LogP contribution is -2.68. The van der Waals surface area contributed by atoms with Crippen molar-refractivity contribution in [3.8, 4) is 0 Å². The first-order valence-electron chi connectivity index (χ1n) is 12.6. The van der Waals surface area contributed by atoms with E-state index in [1.807, 2.05) is 18.2 Å². The average molecular weight is 497 g/mol. The van der Waals surface area contributed by atoms with Crippen LogP contribution >= 0.6 is 0 Å². The Bertz CT molecular complexity index is 915. The van der Waals surface area contributed by atoms with Gasteiger partial charge in [0, 0.05) is 6.92 Å². The van der Waals surface area contributed by atoms with E-state index in [-0.39, 0.29) is 29.8 Å². The minimum Gasteiger partial charge on any atom is -0.463 e. The van der Waals surface area contributed by atoms with E-state index in [0.717, 1.165) is 0 Å². The van der Waals surface area contributed by atoms with Crippen LogP contribution in [0.2, 0.25) is 5.04 Å². The van der Waals surface area contributed by atoms with Gasteiger partial charge >= 0.3 is 5.97 Å². The number of carbonyl (C=O) groups excluding carboxylic acids is 1. The quantitative estimate of drug-likeness (QED) is 0.350. The van der Waals surface area contributed by atoms with E-state index < -0.39 is 20.5 Å². The Morgan fingerprint density at radius 2 is 1.51 bits per heavy atom. The van der Waals surface area contributed by atoms with Gasteiger partial charge in [-0.25, -0.2) is 0 Å². The first-order chi connectivity index (χ1) is 16.7. The molecule has 1 N–H and O–H groups in total. The molecule has 0 amide bonds. The fraction of sp³-hybridized carbons (Fsp3) is 0.483. The molecule has 1 aliphatic heterocycles. The maximum absolute atomic E-state index is 11.4. The molecule has 0 unspecified atom stereocenters. The van der Waals surface area contributed by atoms with Crippen LogP contribution in [0.25, 0.3) is 0 Å². The molecule has 1 aliphatic rings. The lowest BCUT2D eigenvalue weighted by atomic mass is 10.1. The molecule has 0 bridgehead atoms. The molecular weight excluding hydrogens is 456 g/mol. The molecule has 0 spiro atoms. The molecule has 0 fully saturated rings. The molecule has 35 heavy (non-hydrogen) atoms. The zero-order valence-electron chi connectivity index (χ0n) is 21.6. The van der Waals surface area contributed by atoms with Gasteiger partial charge in [0.15, 0.2) is 0 Å². The standard InChI is InChI=1S/C29H40O5Si/c1-6-26-27(20-14-13-19-25(31)28(33-26)21-32-22(2)30)34-35(29(3,4)5,23-15-9-7-10-16-23)24-17-11-8-12-18-24/h7-18,25-28,31H,6,19-21H2,1-5H3/b14-13-/t25-,26+,27-,28-/m1/s1. The van der Waals surface area contributed by atoms with Crippen molar-refractivity contribution in [3.63, 3.8) is 0 Å². The molecule has 1 heterocycles. The first kappa shape index (κ1) is 27.3. The van der Waals surface area contributed by atoms with Gasteiger partial charge < -0.3 is 19.0 Å². The molecule has 6 heteroatoms. The van der Waals surface area contributed by atoms with Crippen molar-refractivity contribution in [1.29, 1.82) is 0 Å². The number of esters is 1. The van der Waals surface area contributed by atoms with Gasteiger partial charge in [-0.15, -0.1) is 0 Å². The van der Waals surface area contributed by atoms with E-state index in [1.165, 1.54) is 17.3 Å². The molecule has 2 aromatic rings. The highest BCUT2D eigenvalue weighted by Crippen LogP contribution is 2.39. The largest absolute Gasteiger partial charge is 0.463 e. The van der Waals surface area contributed by atoms with Crippen molar-refractivity contribution in [2.75, 3.05) is 6.61 Å². The van der Waals surface area contributed by atoms with Crippen LogP contribution in [0.4, 0.5) is 0 Å². The normalized spacial score (nSPS) is 24.6. The number of benzene rings is 2. The number of carbonyl (C=O) groups is 1. The molecule has 0 saturated carbocycles. The third-order valence-corrected chi connectivity index (χ3v) is 11.8. The SMILES string of the molecule is CC[C@@H]1O[C@H](COC(C)=O)[C@H](O)C/C=C\C[C@H]1O[Si](c1ccccc1)(c1ccccc1)C(C)(C)C. The first-order valence-corrected chi connectivity index (χ1v) is 14.5. The van der Waals surface area contributed by atoms with Gasteiger partial charge in [-0.3, -0.25) is 4.79 Å². The predicted molar refractivity (Wildman–Crippen MR) is 142 cm³/mol. The summed E-state index contributed by atoms with van der Waals surface area (Å²) in [6.45, 7) is 10.3. The van der Waals surface area contributed by atoms with Gasteiger partial charge in [0.1, 0.15) is 12.7 Å². The Kier molecular flexibility index (Phi) is 9.47. The highest BCUT2D eigenvalue weighted by atomic mass is 28.4. The predicted octanol–water partition coefficient (Wildman–Crippen LogP) is 4.37. The van der Waals surface area contributed by atoms with Crippen LogP contribution in [0.3, 0.4) is 0 Å². The number of rotatable bonds is 7. The summed E-state index contributed by atoms with van der Waals surface area (Å²) < 4.78 is 19.1. The highest BCUT2D eigenvalue weighted by Gasteiger charge is 2.52. The molecule has 0 radical (unpaired) electrons. The van der Waals surface area contributed by atoms with Crippen molar-refractivity contribution < 1.29 is 23.8 Å². The second-order valence-corrected chi connectivity index (χ2v) is 14.5.